The SMILES string of the molecule is CNC1CCN(CC(=O)N2CCCC2)CC1. The van der Waals surface area contributed by atoms with Gasteiger partial charge < -0.3 is 10.2 Å². The molecule has 1 amide bonds. The lowest BCUT2D eigenvalue weighted by Crippen LogP contribution is -2.45. The minimum absolute atomic E-state index is 0.334. The molecule has 0 unspecified atom stereocenters. The molecule has 0 atom stereocenters. The number of rotatable bonds is 3. The second-order valence-corrected chi connectivity index (χ2v) is 4.93. The number of likely N-dealkylation sites (tertiary alicyclic amines) is 2. The molecule has 4 heteroatoms. The molecule has 2 fully saturated rings. The Balaban J connectivity index is 1.71. The standard InChI is InChI=1S/C12H23N3O/c1-13-11-4-8-14(9-5-11)10-12(16)15-6-2-3-7-15/h11,13H,2-10H2,1H3. The molecule has 2 rings (SSSR count). The summed E-state index contributed by atoms with van der Waals surface area (Å²) in [4.78, 5) is 16.3. The molecule has 2 aliphatic heterocycles. The maximum atomic E-state index is 11.9. The quantitative estimate of drug-likeness (QED) is 0.750. The van der Waals surface area contributed by atoms with Crippen molar-refractivity contribution in [1.82, 2.24) is 15.1 Å². The first-order valence-corrected chi connectivity index (χ1v) is 6.47. The molecule has 0 spiro atoms. The van der Waals surface area contributed by atoms with Crippen LogP contribution in [0.3, 0.4) is 0 Å². The summed E-state index contributed by atoms with van der Waals surface area (Å²) < 4.78 is 0. The molecule has 16 heavy (non-hydrogen) atoms. The largest absolute Gasteiger partial charge is 0.342 e. The van der Waals surface area contributed by atoms with E-state index in [9.17, 15) is 4.79 Å². The lowest BCUT2D eigenvalue weighted by molar-refractivity contribution is -0.131. The van der Waals surface area contributed by atoms with E-state index in [2.05, 4.69) is 10.2 Å². The summed E-state index contributed by atoms with van der Waals surface area (Å²) in [5.74, 6) is 0.334. The van der Waals surface area contributed by atoms with Crippen LogP contribution in [0.2, 0.25) is 0 Å². The Morgan fingerprint density at radius 2 is 1.81 bits per heavy atom. The highest BCUT2D eigenvalue weighted by molar-refractivity contribution is 5.78. The Labute approximate surface area is 98.0 Å². The van der Waals surface area contributed by atoms with Gasteiger partial charge in [-0.05, 0) is 32.7 Å². The van der Waals surface area contributed by atoms with Gasteiger partial charge in [-0.2, -0.15) is 0 Å². The fourth-order valence-electron chi connectivity index (χ4n) is 2.64. The summed E-state index contributed by atoms with van der Waals surface area (Å²) in [6, 6.07) is 0.651. The third kappa shape index (κ3) is 2.95. The topological polar surface area (TPSA) is 35.6 Å². The molecular weight excluding hydrogens is 202 g/mol. The van der Waals surface area contributed by atoms with E-state index in [0.29, 0.717) is 18.5 Å². The van der Waals surface area contributed by atoms with Crippen molar-refractivity contribution in [2.75, 3.05) is 39.8 Å². The van der Waals surface area contributed by atoms with Gasteiger partial charge in [0.2, 0.25) is 5.91 Å². The second kappa shape index (κ2) is 5.64. The normalized spacial score (nSPS) is 23.9. The average Bonchev–Trinajstić information content (AvgIpc) is 2.83. The summed E-state index contributed by atoms with van der Waals surface area (Å²) in [6.07, 6.45) is 4.72. The molecule has 0 aromatic rings. The van der Waals surface area contributed by atoms with Crippen LogP contribution in [0.1, 0.15) is 25.7 Å². The number of carbonyl (C=O) groups is 1. The molecule has 0 radical (unpaired) electrons. The molecular formula is C12H23N3O. The zero-order valence-electron chi connectivity index (χ0n) is 10.2. The molecule has 2 saturated heterocycles. The molecule has 4 nitrogen and oxygen atoms in total. The molecule has 1 N–H and O–H groups in total. The van der Waals surface area contributed by atoms with Gasteiger partial charge in [0.1, 0.15) is 0 Å². The van der Waals surface area contributed by atoms with E-state index in [0.717, 1.165) is 26.2 Å². The van der Waals surface area contributed by atoms with Crippen molar-refractivity contribution in [3.8, 4) is 0 Å². The third-order valence-corrected chi connectivity index (χ3v) is 3.81. The van der Waals surface area contributed by atoms with Gasteiger partial charge in [-0.3, -0.25) is 9.69 Å². The van der Waals surface area contributed by atoms with Gasteiger partial charge >= 0.3 is 0 Å². The molecule has 0 aliphatic carbocycles. The number of nitrogens with zero attached hydrogens (tertiary/aromatic N) is 2. The highest BCUT2D eigenvalue weighted by Crippen LogP contribution is 2.12. The highest BCUT2D eigenvalue weighted by atomic mass is 16.2. The smallest absolute Gasteiger partial charge is 0.236 e. The first-order chi connectivity index (χ1) is 7.79. The monoisotopic (exact) mass is 225 g/mol. The summed E-state index contributed by atoms with van der Waals surface area (Å²) in [5, 5.41) is 3.31. The number of hydrogen-bond donors (Lipinski definition) is 1. The molecule has 2 heterocycles. The molecule has 0 aromatic heterocycles. The van der Waals surface area contributed by atoms with Crippen molar-refractivity contribution in [3.05, 3.63) is 0 Å². The van der Waals surface area contributed by atoms with Crippen LogP contribution in [-0.2, 0) is 4.79 Å². The summed E-state index contributed by atoms with van der Waals surface area (Å²) in [7, 11) is 2.02. The van der Waals surface area contributed by atoms with Crippen LogP contribution in [-0.4, -0.2) is 61.5 Å². The predicted molar refractivity (Wildman–Crippen MR) is 64.3 cm³/mol. The first kappa shape index (κ1) is 11.9. The molecule has 0 saturated carbocycles. The lowest BCUT2D eigenvalue weighted by atomic mass is 10.1. The van der Waals surface area contributed by atoms with Gasteiger partial charge in [0.15, 0.2) is 0 Å². The van der Waals surface area contributed by atoms with Gasteiger partial charge in [-0.15, -0.1) is 0 Å². The van der Waals surface area contributed by atoms with Gasteiger partial charge in [-0.1, -0.05) is 0 Å². The van der Waals surface area contributed by atoms with Crippen LogP contribution < -0.4 is 5.32 Å². The van der Waals surface area contributed by atoms with Crippen LogP contribution in [0.4, 0.5) is 0 Å². The van der Waals surface area contributed by atoms with Crippen LogP contribution in [0, 0.1) is 0 Å². The van der Waals surface area contributed by atoms with Crippen molar-refractivity contribution in [2.45, 2.75) is 31.7 Å². The van der Waals surface area contributed by atoms with Crippen molar-refractivity contribution >= 4 is 5.91 Å². The average molecular weight is 225 g/mol. The fraction of sp³-hybridized carbons (Fsp3) is 0.917. The van der Waals surface area contributed by atoms with Crippen LogP contribution in [0.5, 0.6) is 0 Å². The van der Waals surface area contributed by atoms with E-state index in [4.69, 9.17) is 0 Å². The second-order valence-electron chi connectivity index (χ2n) is 4.93. The Kier molecular flexibility index (Phi) is 4.18. The van der Waals surface area contributed by atoms with Gasteiger partial charge in [-0.25, -0.2) is 0 Å². The Morgan fingerprint density at radius 3 is 2.38 bits per heavy atom. The van der Waals surface area contributed by atoms with Crippen LogP contribution >= 0.6 is 0 Å². The van der Waals surface area contributed by atoms with E-state index >= 15 is 0 Å². The number of carbonyl (C=O) groups excluding carboxylic acids is 1. The van der Waals surface area contributed by atoms with E-state index < -0.39 is 0 Å². The van der Waals surface area contributed by atoms with Crippen molar-refractivity contribution in [2.24, 2.45) is 0 Å². The zero-order valence-corrected chi connectivity index (χ0v) is 10.2. The van der Waals surface area contributed by atoms with E-state index in [1.54, 1.807) is 0 Å². The van der Waals surface area contributed by atoms with Gasteiger partial charge in [0.05, 0.1) is 6.54 Å². The Hall–Kier alpha value is -0.610. The lowest BCUT2D eigenvalue weighted by Gasteiger charge is -2.32. The Bertz CT molecular complexity index is 230. The number of piperidine rings is 1. The number of nitrogens with one attached hydrogen (secondary N) is 1. The van der Waals surface area contributed by atoms with Gasteiger partial charge in [0, 0.05) is 32.2 Å². The number of amides is 1. The predicted octanol–water partition coefficient (Wildman–Crippen LogP) is 0.293. The van der Waals surface area contributed by atoms with E-state index in [-0.39, 0.29) is 0 Å². The molecule has 92 valence electrons. The van der Waals surface area contributed by atoms with E-state index in [1.165, 1.54) is 25.7 Å². The number of hydrogen-bond acceptors (Lipinski definition) is 3. The summed E-state index contributed by atoms with van der Waals surface area (Å²) in [6.45, 7) is 4.71. The zero-order chi connectivity index (χ0) is 11.4. The van der Waals surface area contributed by atoms with E-state index in [1.807, 2.05) is 11.9 Å². The molecule has 0 bridgehead atoms. The maximum absolute atomic E-state index is 11.9. The third-order valence-electron chi connectivity index (χ3n) is 3.81. The minimum atomic E-state index is 0.334. The summed E-state index contributed by atoms with van der Waals surface area (Å²) in [5.41, 5.74) is 0. The van der Waals surface area contributed by atoms with Crippen molar-refractivity contribution in [1.29, 1.82) is 0 Å². The highest BCUT2D eigenvalue weighted by Gasteiger charge is 2.23. The van der Waals surface area contributed by atoms with Gasteiger partial charge in [0.25, 0.3) is 0 Å². The summed E-state index contributed by atoms with van der Waals surface area (Å²) >= 11 is 0. The van der Waals surface area contributed by atoms with Crippen molar-refractivity contribution < 1.29 is 4.79 Å². The van der Waals surface area contributed by atoms with Crippen LogP contribution in [0.25, 0.3) is 0 Å². The molecule has 0 aromatic carbocycles. The van der Waals surface area contributed by atoms with Crippen LogP contribution in [0.15, 0.2) is 0 Å². The first-order valence-electron chi connectivity index (χ1n) is 6.47. The Morgan fingerprint density at radius 1 is 1.19 bits per heavy atom. The molecule has 2 aliphatic rings. The van der Waals surface area contributed by atoms with Crippen molar-refractivity contribution in [3.63, 3.8) is 0 Å². The minimum Gasteiger partial charge on any atom is -0.342 e. The fourth-order valence-corrected chi connectivity index (χ4v) is 2.64. The maximum Gasteiger partial charge on any atom is 0.236 e.